The lowest BCUT2D eigenvalue weighted by atomic mass is 10.00. The predicted molar refractivity (Wildman–Crippen MR) is 69.9 cm³/mol. The van der Waals surface area contributed by atoms with Crippen LogP contribution in [0, 0.1) is 5.92 Å². The molecule has 17 heavy (non-hydrogen) atoms. The highest BCUT2D eigenvalue weighted by molar-refractivity contribution is 5.06. The minimum Gasteiger partial charge on any atom is -0.384 e. The van der Waals surface area contributed by atoms with Gasteiger partial charge in [-0.3, -0.25) is 4.68 Å². The van der Waals surface area contributed by atoms with E-state index in [1.807, 2.05) is 17.9 Å². The fourth-order valence-electron chi connectivity index (χ4n) is 2.11. The highest BCUT2D eigenvalue weighted by Crippen LogP contribution is 2.20. The lowest BCUT2D eigenvalue weighted by molar-refractivity contribution is 0.148. The lowest BCUT2D eigenvalue weighted by Gasteiger charge is -2.22. The zero-order valence-corrected chi connectivity index (χ0v) is 11.4. The molecule has 1 rings (SSSR count). The molecule has 0 spiro atoms. The Bertz CT molecular complexity index is 311. The van der Waals surface area contributed by atoms with Crippen LogP contribution in [0.5, 0.6) is 0 Å². The molecule has 0 aliphatic carbocycles. The van der Waals surface area contributed by atoms with E-state index in [0.717, 1.165) is 26.0 Å². The molecule has 1 heterocycles. The first-order valence-corrected chi connectivity index (χ1v) is 6.39. The molecule has 0 aliphatic heterocycles. The Hall–Kier alpha value is -0.870. The van der Waals surface area contributed by atoms with E-state index >= 15 is 0 Å². The van der Waals surface area contributed by atoms with E-state index < -0.39 is 0 Å². The van der Waals surface area contributed by atoms with E-state index in [0.29, 0.717) is 12.0 Å². The first-order valence-electron chi connectivity index (χ1n) is 6.39. The van der Waals surface area contributed by atoms with Crippen LogP contribution in [-0.4, -0.2) is 30.0 Å². The van der Waals surface area contributed by atoms with Crippen molar-refractivity contribution < 1.29 is 4.74 Å². The third-order valence-corrected chi connectivity index (χ3v) is 2.95. The van der Waals surface area contributed by atoms with Gasteiger partial charge in [-0.2, -0.15) is 5.10 Å². The normalized spacial score (nSPS) is 14.8. The molecule has 2 atom stereocenters. The molecule has 0 amide bonds. The van der Waals surface area contributed by atoms with E-state index in [9.17, 15) is 0 Å². The molecule has 0 saturated carbocycles. The molecule has 1 aromatic rings. The van der Waals surface area contributed by atoms with Crippen molar-refractivity contribution in [2.75, 3.05) is 20.3 Å². The van der Waals surface area contributed by atoms with Crippen LogP contribution >= 0.6 is 0 Å². The van der Waals surface area contributed by atoms with Crippen molar-refractivity contribution in [1.82, 2.24) is 15.1 Å². The van der Waals surface area contributed by atoms with E-state index in [-0.39, 0.29) is 0 Å². The van der Waals surface area contributed by atoms with Crippen LogP contribution in [0.15, 0.2) is 12.3 Å². The summed E-state index contributed by atoms with van der Waals surface area (Å²) in [5, 5.41) is 7.83. The van der Waals surface area contributed by atoms with Crippen LogP contribution < -0.4 is 5.32 Å². The topological polar surface area (TPSA) is 39.1 Å². The lowest BCUT2D eigenvalue weighted by Crippen LogP contribution is -2.26. The SMILES string of the molecule is CCCNC(CC(C)COC)c1ccnn1C. The van der Waals surface area contributed by atoms with E-state index in [1.165, 1.54) is 5.69 Å². The Morgan fingerprint density at radius 3 is 2.82 bits per heavy atom. The van der Waals surface area contributed by atoms with Crippen LogP contribution in [-0.2, 0) is 11.8 Å². The van der Waals surface area contributed by atoms with Crippen molar-refractivity contribution in [2.45, 2.75) is 32.7 Å². The zero-order chi connectivity index (χ0) is 12.7. The highest BCUT2D eigenvalue weighted by Gasteiger charge is 2.17. The minimum absolute atomic E-state index is 0.368. The number of nitrogens with zero attached hydrogens (tertiary/aromatic N) is 2. The Balaban J connectivity index is 2.63. The van der Waals surface area contributed by atoms with Crippen LogP contribution in [0.4, 0.5) is 0 Å². The van der Waals surface area contributed by atoms with Crippen LogP contribution in [0.1, 0.15) is 38.4 Å². The summed E-state index contributed by atoms with van der Waals surface area (Å²) in [5.41, 5.74) is 1.25. The van der Waals surface area contributed by atoms with E-state index in [2.05, 4.69) is 30.3 Å². The van der Waals surface area contributed by atoms with Crippen LogP contribution in [0.3, 0.4) is 0 Å². The van der Waals surface area contributed by atoms with Crippen molar-refractivity contribution in [1.29, 1.82) is 0 Å². The molecule has 4 heteroatoms. The van der Waals surface area contributed by atoms with Gasteiger partial charge in [0, 0.05) is 33.0 Å². The van der Waals surface area contributed by atoms with Gasteiger partial charge in [-0.05, 0) is 31.4 Å². The molecular formula is C13H25N3O. The number of rotatable bonds is 8. The summed E-state index contributed by atoms with van der Waals surface area (Å²) in [6, 6.07) is 2.46. The first-order chi connectivity index (χ1) is 8.19. The summed E-state index contributed by atoms with van der Waals surface area (Å²) in [7, 11) is 3.76. The maximum Gasteiger partial charge on any atom is 0.0550 e. The molecule has 0 aromatic carbocycles. The van der Waals surface area contributed by atoms with Crippen LogP contribution in [0.2, 0.25) is 0 Å². The Kier molecular flexibility index (Phi) is 6.22. The van der Waals surface area contributed by atoms with Gasteiger partial charge in [0.2, 0.25) is 0 Å². The van der Waals surface area contributed by atoms with Crippen molar-refractivity contribution in [3.63, 3.8) is 0 Å². The summed E-state index contributed by atoms with van der Waals surface area (Å²) in [4.78, 5) is 0. The predicted octanol–water partition coefficient (Wildman–Crippen LogP) is 2.13. The van der Waals surface area contributed by atoms with Crippen molar-refractivity contribution in [3.8, 4) is 0 Å². The summed E-state index contributed by atoms with van der Waals surface area (Å²) in [6.07, 6.45) is 4.08. The van der Waals surface area contributed by atoms with Crippen molar-refractivity contribution >= 4 is 0 Å². The fraction of sp³-hybridized carbons (Fsp3) is 0.769. The second-order valence-electron chi connectivity index (χ2n) is 4.68. The molecule has 4 nitrogen and oxygen atoms in total. The average Bonchev–Trinajstić information content (AvgIpc) is 2.71. The molecule has 0 fully saturated rings. The molecule has 0 aliphatic rings. The van der Waals surface area contributed by atoms with Crippen molar-refractivity contribution in [2.24, 2.45) is 13.0 Å². The van der Waals surface area contributed by atoms with Gasteiger partial charge in [0.1, 0.15) is 0 Å². The van der Waals surface area contributed by atoms with Gasteiger partial charge in [0.25, 0.3) is 0 Å². The molecule has 0 radical (unpaired) electrons. The third kappa shape index (κ3) is 4.48. The zero-order valence-electron chi connectivity index (χ0n) is 11.4. The molecule has 1 aromatic heterocycles. The quantitative estimate of drug-likeness (QED) is 0.755. The largest absolute Gasteiger partial charge is 0.384 e. The average molecular weight is 239 g/mol. The first kappa shape index (κ1) is 14.2. The molecule has 2 unspecified atom stereocenters. The smallest absolute Gasteiger partial charge is 0.0550 e. The number of methoxy groups -OCH3 is 1. The second-order valence-corrected chi connectivity index (χ2v) is 4.68. The summed E-state index contributed by atoms with van der Waals surface area (Å²) < 4.78 is 7.16. The number of nitrogens with one attached hydrogen (secondary N) is 1. The van der Waals surface area contributed by atoms with Crippen molar-refractivity contribution in [3.05, 3.63) is 18.0 Å². The Morgan fingerprint density at radius 2 is 2.29 bits per heavy atom. The molecular weight excluding hydrogens is 214 g/mol. The summed E-state index contributed by atoms with van der Waals surface area (Å²) in [6.45, 7) is 6.25. The van der Waals surface area contributed by atoms with Gasteiger partial charge >= 0.3 is 0 Å². The standard InChI is InChI=1S/C13H25N3O/c1-5-7-14-12(9-11(2)10-17-4)13-6-8-15-16(13)3/h6,8,11-12,14H,5,7,9-10H2,1-4H3. The van der Waals surface area contributed by atoms with Gasteiger partial charge in [-0.15, -0.1) is 0 Å². The van der Waals surface area contributed by atoms with Gasteiger partial charge in [0.15, 0.2) is 0 Å². The van der Waals surface area contributed by atoms with Gasteiger partial charge in [-0.1, -0.05) is 13.8 Å². The monoisotopic (exact) mass is 239 g/mol. The number of aryl methyl sites for hydroxylation is 1. The van der Waals surface area contributed by atoms with E-state index in [4.69, 9.17) is 4.74 Å². The third-order valence-electron chi connectivity index (χ3n) is 2.95. The second kappa shape index (κ2) is 7.45. The van der Waals surface area contributed by atoms with Gasteiger partial charge < -0.3 is 10.1 Å². The number of hydrogen-bond acceptors (Lipinski definition) is 3. The Labute approximate surface area is 104 Å². The van der Waals surface area contributed by atoms with Gasteiger partial charge in [-0.25, -0.2) is 0 Å². The fourth-order valence-corrected chi connectivity index (χ4v) is 2.11. The molecule has 0 bridgehead atoms. The van der Waals surface area contributed by atoms with E-state index in [1.54, 1.807) is 7.11 Å². The summed E-state index contributed by atoms with van der Waals surface area (Å²) in [5.74, 6) is 0.546. The molecule has 1 N–H and O–H groups in total. The number of hydrogen-bond donors (Lipinski definition) is 1. The minimum atomic E-state index is 0.368. The number of aromatic nitrogens is 2. The highest BCUT2D eigenvalue weighted by atomic mass is 16.5. The van der Waals surface area contributed by atoms with Crippen LogP contribution in [0.25, 0.3) is 0 Å². The Morgan fingerprint density at radius 1 is 1.53 bits per heavy atom. The van der Waals surface area contributed by atoms with Gasteiger partial charge in [0.05, 0.1) is 5.69 Å². The molecule has 0 saturated heterocycles. The molecule has 98 valence electrons. The maximum absolute atomic E-state index is 5.21. The summed E-state index contributed by atoms with van der Waals surface area (Å²) >= 11 is 0. The number of ether oxygens (including phenoxy) is 1. The maximum atomic E-state index is 5.21.